The van der Waals surface area contributed by atoms with Crippen LogP contribution in [0, 0.1) is 11.6 Å². The molecule has 1 saturated heterocycles. The molecule has 0 amide bonds. The average Bonchev–Trinajstić information content (AvgIpc) is 2.69. The van der Waals surface area contributed by atoms with Gasteiger partial charge in [-0.15, -0.1) is 0 Å². The fourth-order valence-corrected chi connectivity index (χ4v) is 2.06. The van der Waals surface area contributed by atoms with E-state index in [0.717, 1.165) is 31.2 Å². The molecule has 4 heteroatoms. The summed E-state index contributed by atoms with van der Waals surface area (Å²) in [6, 6.07) is 2.96. The lowest BCUT2D eigenvalue weighted by atomic mass is 9.89. The first-order chi connectivity index (χ1) is 7.53. The van der Waals surface area contributed by atoms with Gasteiger partial charge in [0.05, 0.1) is 11.1 Å². The van der Waals surface area contributed by atoms with Gasteiger partial charge in [0.2, 0.25) is 0 Å². The van der Waals surface area contributed by atoms with Gasteiger partial charge in [-0.1, -0.05) is 0 Å². The zero-order valence-corrected chi connectivity index (χ0v) is 9.02. The Balaban J connectivity index is 2.36. The first-order valence-electron chi connectivity index (χ1n) is 5.28. The molecular weight excluding hydrogens is 212 g/mol. The van der Waals surface area contributed by atoms with Gasteiger partial charge >= 0.3 is 0 Å². The number of nitrogens with one attached hydrogen (secondary N) is 1. The maximum atomic E-state index is 13.4. The van der Waals surface area contributed by atoms with Gasteiger partial charge in [-0.05, 0) is 44.5 Å². The van der Waals surface area contributed by atoms with Crippen molar-refractivity contribution < 1.29 is 13.6 Å². The highest BCUT2D eigenvalue weighted by atomic mass is 19.1. The molecule has 1 heterocycles. The van der Waals surface area contributed by atoms with Crippen molar-refractivity contribution in [1.29, 1.82) is 0 Å². The Labute approximate surface area is 92.7 Å². The van der Waals surface area contributed by atoms with Gasteiger partial charge in [-0.3, -0.25) is 4.79 Å². The Kier molecular flexibility index (Phi) is 2.76. The van der Waals surface area contributed by atoms with E-state index >= 15 is 0 Å². The number of benzene rings is 1. The maximum Gasteiger partial charge on any atom is 0.185 e. The summed E-state index contributed by atoms with van der Waals surface area (Å²) in [5.74, 6) is -1.63. The van der Waals surface area contributed by atoms with E-state index in [0.29, 0.717) is 6.42 Å². The van der Waals surface area contributed by atoms with Crippen LogP contribution in [-0.2, 0) is 0 Å². The summed E-state index contributed by atoms with van der Waals surface area (Å²) in [6.45, 7) is 2.46. The number of carbonyl (C=O) groups excluding carboxylic acids is 1. The molecule has 86 valence electrons. The molecule has 1 fully saturated rings. The molecule has 0 radical (unpaired) electrons. The summed E-state index contributed by atoms with van der Waals surface area (Å²) in [4.78, 5) is 12.1. The minimum absolute atomic E-state index is 0.170. The van der Waals surface area contributed by atoms with Crippen molar-refractivity contribution in [1.82, 2.24) is 5.32 Å². The van der Waals surface area contributed by atoms with Gasteiger partial charge in [0.15, 0.2) is 5.78 Å². The number of halogens is 2. The number of hydrogen-bond donors (Lipinski definition) is 1. The van der Waals surface area contributed by atoms with E-state index in [-0.39, 0.29) is 11.3 Å². The summed E-state index contributed by atoms with van der Waals surface area (Å²) in [6.07, 6.45) is 1.53. The second kappa shape index (κ2) is 3.94. The van der Waals surface area contributed by atoms with E-state index in [1.807, 2.05) is 0 Å². The summed E-state index contributed by atoms with van der Waals surface area (Å²) in [5, 5.41) is 3.04. The fourth-order valence-electron chi connectivity index (χ4n) is 2.06. The molecule has 2 nitrogen and oxygen atoms in total. The second-order valence-electron chi connectivity index (χ2n) is 4.32. The molecule has 1 aromatic carbocycles. The SMILES string of the molecule is CC1(C(=O)c2cc(F)ccc2F)CCCN1. The zero-order chi connectivity index (χ0) is 11.8. The van der Waals surface area contributed by atoms with Crippen LogP contribution in [-0.4, -0.2) is 17.9 Å². The van der Waals surface area contributed by atoms with Crippen molar-refractivity contribution >= 4 is 5.78 Å². The summed E-state index contributed by atoms with van der Waals surface area (Å²) >= 11 is 0. The van der Waals surface area contributed by atoms with Gasteiger partial charge < -0.3 is 5.32 Å². The molecule has 1 atom stereocenters. The van der Waals surface area contributed by atoms with Crippen molar-refractivity contribution in [3.8, 4) is 0 Å². The minimum Gasteiger partial charge on any atom is -0.305 e. The Morgan fingerprint density at radius 1 is 1.44 bits per heavy atom. The van der Waals surface area contributed by atoms with Crippen molar-refractivity contribution in [2.24, 2.45) is 0 Å². The van der Waals surface area contributed by atoms with E-state index in [9.17, 15) is 13.6 Å². The van der Waals surface area contributed by atoms with Crippen LogP contribution in [0.1, 0.15) is 30.1 Å². The van der Waals surface area contributed by atoms with E-state index < -0.39 is 17.2 Å². The highest BCUT2D eigenvalue weighted by molar-refractivity contribution is 6.03. The van der Waals surface area contributed by atoms with Crippen molar-refractivity contribution in [3.63, 3.8) is 0 Å². The van der Waals surface area contributed by atoms with Gasteiger partial charge in [0.25, 0.3) is 0 Å². The quantitative estimate of drug-likeness (QED) is 0.782. The Morgan fingerprint density at radius 2 is 2.19 bits per heavy atom. The van der Waals surface area contributed by atoms with Gasteiger partial charge in [-0.25, -0.2) is 8.78 Å². The first-order valence-corrected chi connectivity index (χ1v) is 5.28. The molecular formula is C12H13F2NO. The van der Waals surface area contributed by atoms with Crippen molar-refractivity contribution in [2.45, 2.75) is 25.3 Å². The lowest BCUT2D eigenvalue weighted by molar-refractivity contribution is 0.0879. The molecule has 16 heavy (non-hydrogen) atoms. The minimum atomic E-state index is -0.755. The van der Waals surface area contributed by atoms with Gasteiger partial charge in [-0.2, -0.15) is 0 Å². The van der Waals surface area contributed by atoms with Crippen LogP contribution in [0.15, 0.2) is 18.2 Å². The van der Waals surface area contributed by atoms with Crippen molar-refractivity contribution in [2.75, 3.05) is 6.54 Å². The summed E-state index contributed by atoms with van der Waals surface area (Å²) in [7, 11) is 0. The van der Waals surface area contributed by atoms with E-state index in [2.05, 4.69) is 5.32 Å². The molecule has 0 saturated carbocycles. The molecule has 2 rings (SSSR count). The highest BCUT2D eigenvalue weighted by Gasteiger charge is 2.37. The number of rotatable bonds is 2. The number of carbonyl (C=O) groups is 1. The van der Waals surface area contributed by atoms with E-state index in [1.165, 1.54) is 0 Å². The molecule has 1 aliphatic rings. The monoisotopic (exact) mass is 225 g/mol. The fraction of sp³-hybridized carbons (Fsp3) is 0.417. The molecule has 0 spiro atoms. The summed E-state index contributed by atoms with van der Waals surface area (Å²) < 4.78 is 26.4. The third-order valence-electron chi connectivity index (χ3n) is 3.04. The topological polar surface area (TPSA) is 29.1 Å². The molecule has 1 unspecified atom stereocenters. The predicted molar refractivity (Wildman–Crippen MR) is 56.3 cm³/mol. The van der Waals surface area contributed by atoms with Crippen LogP contribution in [0.25, 0.3) is 0 Å². The molecule has 0 bridgehead atoms. The average molecular weight is 225 g/mol. The van der Waals surface area contributed by atoms with Crippen LogP contribution in [0.5, 0.6) is 0 Å². The van der Waals surface area contributed by atoms with Crippen molar-refractivity contribution in [3.05, 3.63) is 35.4 Å². The predicted octanol–water partition coefficient (Wildman–Crippen LogP) is 2.29. The van der Waals surface area contributed by atoms with E-state index in [4.69, 9.17) is 0 Å². The van der Waals surface area contributed by atoms with Crippen LogP contribution >= 0.6 is 0 Å². The molecule has 0 aliphatic carbocycles. The van der Waals surface area contributed by atoms with E-state index in [1.54, 1.807) is 6.92 Å². The molecule has 0 aromatic heterocycles. The third-order valence-corrected chi connectivity index (χ3v) is 3.04. The molecule has 1 aromatic rings. The molecule has 1 aliphatic heterocycles. The lowest BCUT2D eigenvalue weighted by Crippen LogP contribution is -2.44. The lowest BCUT2D eigenvalue weighted by Gasteiger charge is -2.22. The summed E-state index contributed by atoms with van der Waals surface area (Å²) in [5.41, 5.74) is -0.925. The number of Topliss-reactive ketones (excluding diaryl/α,β-unsaturated/α-hetero) is 1. The van der Waals surface area contributed by atoms with Crippen LogP contribution in [0.3, 0.4) is 0 Å². The van der Waals surface area contributed by atoms with Crippen LogP contribution < -0.4 is 5.32 Å². The number of ketones is 1. The maximum absolute atomic E-state index is 13.4. The highest BCUT2D eigenvalue weighted by Crippen LogP contribution is 2.25. The van der Waals surface area contributed by atoms with Gasteiger partial charge in [0.1, 0.15) is 11.6 Å². The standard InChI is InChI=1S/C12H13F2NO/c1-12(5-2-6-15-12)11(16)9-7-8(13)3-4-10(9)14/h3-4,7,15H,2,5-6H2,1H3. The smallest absolute Gasteiger partial charge is 0.185 e. The molecule has 1 N–H and O–H groups in total. The zero-order valence-electron chi connectivity index (χ0n) is 9.02. The van der Waals surface area contributed by atoms with Gasteiger partial charge in [0, 0.05) is 0 Å². The normalized spacial score (nSPS) is 24.7. The number of hydrogen-bond acceptors (Lipinski definition) is 2. The third kappa shape index (κ3) is 1.85. The Hall–Kier alpha value is -1.29. The Morgan fingerprint density at radius 3 is 2.81 bits per heavy atom. The Bertz CT molecular complexity index is 425. The van der Waals surface area contributed by atoms with Crippen LogP contribution in [0.2, 0.25) is 0 Å². The second-order valence-corrected chi connectivity index (χ2v) is 4.32. The first kappa shape index (κ1) is 11.2. The largest absolute Gasteiger partial charge is 0.305 e. The van der Waals surface area contributed by atoms with Crippen LogP contribution in [0.4, 0.5) is 8.78 Å².